The van der Waals surface area contributed by atoms with Gasteiger partial charge in [0.1, 0.15) is 29.6 Å². The van der Waals surface area contributed by atoms with Gasteiger partial charge in [-0.05, 0) is 68.0 Å². The van der Waals surface area contributed by atoms with Crippen molar-refractivity contribution in [3.05, 3.63) is 59.9 Å². The molecule has 54 heavy (non-hydrogen) atoms. The molecule has 4 aromatic rings. The van der Waals surface area contributed by atoms with Gasteiger partial charge in [0, 0.05) is 31.3 Å². The number of carbonyl (C=O) groups is 3. The molecule has 17 heteroatoms. The van der Waals surface area contributed by atoms with Crippen molar-refractivity contribution in [1.29, 1.82) is 0 Å². The molecule has 286 valence electrons. The van der Waals surface area contributed by atoms with Crippen LogP contribution in [-0.4, -0.2) is 94.3 Å². The Hall–Kier alpha value is -5.55. The molecule has 5 heterocycles. The number of methoxy groups -OCH3 is 2. The molecule has 3 aliphatic heterocycles. The van der Waals surface area contributed by atoms with Crippen molar-refractivity contribution >= 4 is 17.9 Å². The molecular formula is C37H42F2N8O7. The summed E-state index contributed by atoms with van der Waals surface area (Å²) >= 11 is 0. The van der Waals surface area contributed by atoms with Gasteiger partial charge in [0.15, 0.2) is 23.0 Å². The molecule has 7 rings (SSSR count). The second kappa shape index (κ2) is 15.4. The molecule has 2 fully saturated rings. The van der Waals surface area contributed by atoms with Crippen molar-refractivity contribution in [2.75, 3.05) is 40.6 Å². The number of fused-ring (bicyclic) bond motifs is 2. The number of amides is 3. The van der Waals surface area contributed by atoms with Crippen LogP contribution in [0.1, 0.15) is 63.3 Å². The number of nitrogens with one attached hydrogen (secondary N) is 4. The number of imidazole rings is 2. The normalized spacial score (nSPS) is 18.2. The van der Waals surface area contributed by atoms with Crippen LogP contribution >= 0.6 is 0 Å². The minimum absolute atomic E-state index is 0.0108. The van der Waals surface area contributed by atoms with Gasteiger partial charge in [0.05, 0.1) is 32.0 Å². The molecule has 3 atom stereocenters. The summed E-state index contributed by atoms with van der Waals surface area (Å²) in [6.45, 7) is 4.85. The molecule has 15 nitrogen and oxygen atoms in total. The summed E-state index contributed by atoms with van der Waals surface area (Å²) in [5.41, 5.74) is 0.925. The van der Waals surface area contributed by atoms with Gasteiger partial charge in [-0.1, -0.05) is 13.8 Å². The van der Waals surface area contributed by atoms with Gasteiger partial charge in [-0.3, -0.25) is 14.9 Å². The van der Waals surface area contributed by atoms with E-state index in [4.69, 9.17) is 14.2 Å². The highest BCUT2D eigenvalue weighted by atomic mass is 19.1. The topological polar surface area (TPSA) is 176 Å². The fourth-order valence-corrected chi connectivity index (χ4v) is 7.26. The maximum atomic E-state index is 15.5. The number of carbonyl (C=O) groups excluding carboxylic acids is 3. The Morgan fingerprint density at radius 3 is 1.93 bits per heavy atom. The van der Waals surface area contributed by atoms with Crippen molar-refractivity contribution in [2.24, 2.45) is 5.92 Å². The number of ether oxygens (including phenoxy) is 4. The van der Waals surface area contributed by atoms with Gasteiger partial charge in [-0.2, -0.15) is 8.78 Å². The Bertz CT molecular complexity index is 2050. The Kier molecular flexibility index (Phi) is 10.5. The van der Waals surface area contributed by atoms with Crippen molar-refractivity contribution in [2.45, 2.75) is 57.7 Å². The Morgan fingerprint density at radius 1 is 0.852 bits per heavy atom. The minimum Gasteiger partial charge on any atom is -0.453 e. The lowest BCUT2D eigenvalue weighted by atomic mass is 10.0. The van der Waals surface area contributed by atoms with Gasteiger partial charge in [0.25, 0.3) is 0 Å². The summed E-state index contributed by atoms with van der Waals surface area (Å²) in [6.07, 6.45) is 1.92. The average molecular weight is 749 g/mol. The molecule has 3 amide bonds. The van der Waals surface area contributed by atoms with Crippen LogP contribution in [0.2, 0.25) is 0 Å². The summed E-state index contributed by atoms with van der Waals surface area (Å²) in [5, 5.41) is 5.52. The molecule has 0 aliphatic carbocycles. The Labute approximate surface area is 309 Å². The highest BCUT2D eigenvalue weighted by molar-refractivity contribution is 5.83. The first-order valence-electron chi connectivity index (χ1n) is 17.9. The van der Waals surface area contributed by atoms with E-state index in [2.05, 4.69) is 35.3 Å². The average Bonchev–Trinajstić information content (AvgIpc) is 3.99. The molecule has 2 saturated heterocycles. The third-order valence-electron chi connectivity index (χ3n) is 9.92. The van der Waals surface area contributed by atoms with E-state index < -0.39 is 36.1 Å². The summed E-state index contributed by atoms with van der Waals surface area (Å²) in [6, 6.07) is 8.45. The zero-order valence-electron chi connectivity index (χ0n) is 30.3. The van der Waals surface area contributed by atoms with E-state index in [1.165, 1.54) is 7.11 Å². The molecule has 4 N–H and O–H groups in total. The molecule has 0 saturated carbocycles. The molecule has 2 aromatic heterocycles. The number of rotatable bonds is 11. The number of nitrogens with zero attached hydrogens (tertiary/aromatic N) is 4. The quantitative estimate of drug-likeness (QED) is 0.126. The van der Waals surface area contributed by atoms with Crippen molar-refractivity contribution in [3.8, 4) is 45.5 Å². The summed E-state index contributed by atoms with van der Waals surface area (Å²) in [5.74, 6) is 0.258. The number of hydrogen-bond donors (Lipinski definition) is 4. The van der Waals surface area contributed by atoms with Crippen LogP contribution in [0.25, 0.3) is 22.5 Å². The zero-order valence-corrected chi connectivity index (χ0v) is 30.3. The zero-order chi connectivity index (χ0) is 38.1. The number of hydrogen-bond acceptors (Lipinski definition) is 10. The second-order valence-corrected chi connectivity index (χ2v) is 13.7. The third kappa shape index (κ3) is 7.20. The fraction of sp³-hybridized carbons (Fsp3) is 0.432. The first kappa shape index (κ1) is 36.8. The van der Waals surface area contributed by atoms with Gasteiger partial charge in [-0.15, -0.1) is 0 Å². The van der Waals surface area contributed by atoms with Gasteiger partial charge in [0.2, 0.25) is 23.7 Å². The monoisotopic (exact) mass is 748 g/mol. The Balaban J connectivity index is 1.08. The summed E-state index contributed by atoms with van der Waals surface area (Å²) in [7, 11) is 2.76. The highest BCUT2D eigenvalue weighted by Gasteiger charge is 2.38. The van der Waals surface area contributed by atoms with Crippen molar-refractivity contribution in [1.82, 2.24) is 40.4 Å². The van der Waals surface area contributed by atoms with E-state index in [0.29, 0.717) is 66.6 Å². The highest BCUT2D eigenvalue weighted by Crippen LogP contribution is 2.48. The molecule has 3 unspecified atom stereocenters. The number of likely N-dealkylation sites (tertiary alicyclic amines) is 2. The standard InChI is InChI=1S/C37H42F2N8O7/c1-19(2)29(41-18-51-3)36(49)47-14-6-8-23(47)35-43-31(33(39)45-35)21-10-12-25-27(16-21)54-26-15-20(9-11-24(26)53-25)30-32(38)44-34(42-30)22-7-5-13-46(22)28(48)17-40-37(50)52-4/h9-12,15-16,19,22-23,29,41H,5-8,13-14,17-18H2,1-4H3,(H,40,50)(H,42,44)(H,43,45). The van der Waals surface area contributed by atoms with Crippen LogP contribution in [0.4, 0.5) is 13.6 Å². The third-order valence-corrected chi connectivity index (χ3v) is 9.92. The largest absolute Gasteiger partial charge is 0.453 e. The first-order chi connectivity index (χ1) is 26.1. The van der Waals surface area contributed by atoms with Crippen molar-refractivity contribution < 1.29 is 42.1 Å². The lowest BCUT2D eigenvalue weighted by Gasteiger charge is -2.30. The maximum Gasteiger partial charge on any atom is 0.407 e. The van der Waals surface area contributed by atoms with Gasteiger partial charge in [-0.25, -0.2) is 14.8 Å². The van der Waals surface area contributed by atoms with Gasteiger partial charge < -0.3 is 44.0 Å². The first-order valence-corrected chi connectivity index (χ1v) is 17.9. The van der Waals surface area contributed by atoms with E-state index in [-0.39, 0.29) is 54.0 Å². The van der Waals surface area contributed by atoms with Crippen LogP contribution in [0.3, 0.4) is 0 Å². The number of aromatic amines is 2. The van der Waals surface area contributed by atoms with Crippen LogP contribution in [0.5, 0.6) is 23.0 Å². The number of aromatic nitrogens is 4. The van der Waals surface area contributed by atoms with Crippen LogP contribution < -0.4 is 20.1 Å². The molecule has 3 aliphatic rings. The van der Waals surface area contributed by atoms with E-state index in [1.54, 1.807) is 53.3 Å². The van der Waals surface area contributed by atoms with E-state index in [0.717, 1.165) is 6.42 Å². The number of alkyl carbamates (subject to hydrolysis) is 1. The number of benzene rings is 2. The Morgan fingerprint density at radius 2 is 1.39 bits per heavy atom. The summed E-state index contributed by atoms with van der Waals surface area (Å²) < 4.78 is 52.9. The lowest BCUT2D eigenvalue weighted by Crippen LogP contribution is -2.49. The van der Waals surface area contributed by atoms with Gasteiger partial charge >= 0.3 is 6.09 Å². The molecule has 0 spiro atoms. The van der Waals surface area contributed by atoms with Crippen molar-refractivity contribution in [3.63, 3.8) is 0 Å². The number of H-pyrrole nitrogens is 2. The second-order valence-electron chi connectivity index (χ2n) is 13.7. The van der Waals surface area contributed by atoms with Crippen LogP contribution in [0.15, 0.2) is 36.4 Å². The maximum absolute atomic E-state index is 15.5. The number of halogens is 2. The van der Waals surface area contributed by atoms with E-state index >= 15 is 8.78 Å². The van der Waals surface area contributed by atoms with Crippen LogP contribution in [-0.2, 0) is 19.1 Å². The van der Waals surface area contributed by atoms with E-state index in [1.807, 2.05) is 13.8 Å². The fourth-order valence-electron chi connectivity index (χ4n) is 7.26. The predicted octanol–water partition coefficient (Wildman–Crippen LogP) is 5.54. The molecular weight excluding hydrogens is 706 g/mol. The van der Waals surface area contributed by atoms with E-state index in [9.17, 15) is 14.4 Å². The smallest absolute Gasteiger partial charge is 0.407 e. The molecule has 2 aromatic carbocycles. The molecule has 0 radical (unpaired) electrons. The SMILES string of the molecule is COCNC(C(=O)N1CCCC1c1nc(-c2ccc3c(c2)Oc2cc(-c4nc(C5CCCN5C(=O)CNC(=O)OC)[nH]c4F)ccc2O3)c(F)[nH]1)C(C)C. The molecule has 0 bridgehead atoms. The lowest BCUT2D eigenvalue weighted by molar-refractivity contribution is -0.136. The van der Waals surface area contributed by atoms with Crippen LogP contribution in [0, 0.1) is 17.8 Å². The minimum atomic E-state index is -0.724. The predicted molar refractivity (Wildman–Crippen MR) is 190 cm³/mol. The summed E-state index contributed by atoms with van der Waals surface area (Å²) in [4.78, 5) is 55.8.